The van der Waals surface area contributed by atoms with Crippen molar-refractivity contribution in [3.8, 4) is 0 Å². The number of hydrogen-bond donors (Lipinski definition) is 1. The van der Waals surface area contributed by atoms with Crippen molar-refractivity contribution in [3.05, 3.63) is 59.4 Å². The standard InChI is InChI=1S/C19H23N3/c1-13(2)11-18-21-19-16(20)9-6-10-17(19)22(18)12-15-8-5-4-7-14(15)3/h4-10,13H,11-12,20H2,1-3H3. The van der Waals surface area contributed by atoms with Gasteiger partial charge in [-0.3, -0.25) is 0 Å². The number of hydrogen-bond acceptors (Lipinski definition) is 2. The quantitative estimate of drug-likeness (QED) is 0.734. The Kier molecular flexibility index (Phi) is 3.88. The molecule has 0 atom stereocenters. The first-order valence-corrected chi connectivity index (χ1v) is 7.84. The van der Waals surface area contributed by atoms with Gasteiger partial charge in [-0.15, -0.1) is 0 Å². The Bertz CT molecular complexity index is 800. The summed E-state index contributed by atoms with van der Waals surface area (Å²) in [5.74, 6) is 1.68. The lowest BCUT2D eigenvalue weighted by Gasteiger charge is -2.12. The molecule has 0 saturated heterocycles. The van der Waals surface area contributed by atoms with E-state index in [4.69, 9.17) is 10.7 Å². The molecular weight excluding hydrogens is 270 g/mol. The SMILES string of the molecule is Cc1ccccc1Cn1c(CC(C)C)nc2c(N)cccc21. The van der Waals surface area contributed by atoms with Crippen molar-refractivity contribution in [1.29, 1.82) is 0 Å². The van der Waals surface area contributed by atoms with Gasteiger partial charge in [-0.25, -0.2) is 4.98 Å². The number of rotatable bonds is 4. The largest absolute Gasteiger partial charge is 0.397 e. The first kappa shape index (κ1) is 14.6. The molecule has 3 nitrogen and oxygen atoms in total. The summed E-state index contributed by atoms with van der Waals surface area (Å²) >= 11 is 0. The van der Waals surface area contributed by atoms with Crippen LogP contribution < -0.4 is 5.73 Å². The zero-order chi connectivity index (χ0) is 15.7. The van der Waals surface area contributed by atoms with Crippen LogP contribution in [-0.4, -0.2) is 9.55 Å². The van der Waals surface area contributed by atoms with Crippen LogP contribution in [0.5, 0.6) is 0 Å². The number of imidazole rings is 1. The molecule has 0 bridgehead atoms. The zero-order valence-corrected chi connectivity index (χ0v) is 13.5. The number of nitrogens with zero attached hydrogens (tertiary/aromatic N) is 2. The number of anilines is 1. The fourth-order valence-corrected chi connectivity index (χ4v) is 2.87. The summed E-state index contributed by atoms with van der Waals surface area (Å²) in [6, 6.07) is 14.6. The molecule has 2 aromatic carbocycles. The Labute approximate surface area is 131 Å². The molecule has 0 aliphatic heterocycles. The molecule has 3 heteroatoms. The predicted molar refractivity (Wildman–Crippen MR) is 93.0 cm³/mol. The average Bonchev–Trinajstić information content (AvgIpc) is 2.80. The van der Waals surface area contributed by atoms with E-state index in [1.165, 1.54) is 11.1 Å². The van der Waals surface area contributed by atoms with Gasteiger partial charge in [-0.2, -0.15) is 0 Å². The predicted octanol–water partition coefficient (Wildman–Crippen LogP) is 4.17. The summed E-state index contributed by atoms with van der Waals surface area (Å²) in [7, 11) is 0. The molecule has 0 spiro atoms. The molecule has 22 heavy (non-hydrogen) atoms. The highest BCUT2D eigenvalue weighted by atomic mass is 15.1. The van der Waals surface area contributed by atoms with Crippen LogP contribution in [0.2, 0.25) is 0 Å². The molecule has 0 aliphatic rings. The van der Waals surface area contributed by atoms with Crippen molar-refractivity contribution in [2.45, 2.75) is 33.7 Å². The number of fused-ring (bicyclic) bond motifs is 1. The van der Waals surface area contributed by atoms with E-state index in [0.29, 0.717) is 5.92 Å². The van der Waals surface area contributed by atoms with E-state index < -0.39 is 0 Å². The van der Waals surface area contributed by atoms with E-state index >= 15 is 0 Å². The monoisotopic (exact) mass is 293 g/mol. The van der Waals surface area contributed by atoms with Crippen LogP contribution in [0, 0.1) is 12.8 Å². The van der Waals surface area contributed by atoms with E-state index in [-0.39, 0.29) is 0 Å². The normalized spacial score (nSPS) is 11.5. The molecule has 3 rings (SSSR count). The highest BCUT2D eigenvalue weighted by Crippen LogP contribution is 2.25. The number of nitrogens with two attached hydrogens (primary N) is 1. The van der Waals surface area contributed by atoms with Crippen molar-refractivity contribution in [3.63, 3.8) is 0 Å². The summed E-state index contributed by atoms with van der Waals surface area (Å²) in [4.78, 5) is 4.82. The number of para-hydroxylation sites is 1. The van der Waals surface area contributed by atoms with E-state index in [2.05, 4.69) is 55.7 Å². The fraction of sp³-hybridized carbons (Fsp3) is 0.316. The molecule has 3 aromatic rings. The van der Waals surface area contributed by atoms with Crippen LogP contribution in [0.15, 0.2) is 42.5 Å². The second-order valence-electron chi connectivity index (χ2n) is 6.35. The van der Waals surface area contributed by atoms with E-state index in [0.717, 1.165) is 35.5 Å². The summed E-state index contributed by atoms with van der Waals surface area (Å²) in [5, 5.41) is 0. The minimum atomic E-state index is 0.564. The van der Waals surface area contributed by atoms with Gasteiger partial charge in [0, 0.05) is 13.0 Å². The Morgan fingerprint density at radius 3 is 2.59 bits per heavy atom. The molecular formula is C19H23N3. The van der Waals surface area contributed by atoms with Gasteiger partial charge >= 0.3 is 0 Å². The minimum absolute atomic E-state index is 0.564. The van der Waals surface area contributed by atoms with Gasteiger partial charge in [-0.1, -0.05) is 44.2 Å². The zero-order valence-electron chi connectivity index (χ0n) is 13.5. The highest BCUT2D eigenvalue weighted by molar-refractivity contribution is 5.87. The number of nitrogen functional groups attached to an aromatic ring is 1. The maximum atomic E-state index is 6.12. The smallest absolute Gasteiger partial charge is 0.112 e. The van der Waals surface area contributed by atoms with Crippen LogP contribution in [0.25, 0.3) is 11.0 Å². The Hall–Kier alpha value is -2.29. The minimum Gasteiger partial charge on any atom is -0.397 e. The Morgan fingerprint density at radius 1 is 1.09 bits per heavy atom. The molecule has 114 valence electrons. The first-order valence-electron chi connectivity index (χ1n) is 7.84. The van der Waals surface area contributed by atoms with Gasteiger partial charge in [-0.05, 0) is 36.1 Å². The third-order valence-electron chi connectivity index (χ3n) is 4.07. The number of aryl methyl sites for hydroxylation is 1. The molecule has 1 heterocycles. The summed E-state index contributed by atoms with van der Waals surface area (Å²) < 4.78 is 2.31. The Morgan fingerprint density at radius 2 is 1.86 bits per heavy atom. The summed E-state index contributed by atoms with van der Waals surface area (Å²) in [5.41, 5.74) is 11.6. The Balaban J connectivity index is 2.13. The van der Waals surface area contributed by atoms with Crippen molar-refractivity contribution in [1.82, 2.24) is 9.55 Å². The first-order chi connectivity index (χ1) is 10.6. The lowest BCUT2D eigenvalue weighted by molar-refractivity contribution is 0.594. The molecule has 0 saturated carbocycles. The molecule has 0 amide bonds. The van der Waals surface area contributed by atoms with Crippen LogP contribution in [0.4, 0.5) is 5.69 Å². The topological polar surface area (TPSA) is 43.8 Å². The van der Waals surface area contributed by atoms with Crippen molar-refractivity contribution < 1.29 is 0 Å². The van der Waals surface area contributed by atoms with Crippen molar-refractivity contribution in [2.24, 2.45) is 5.92 Å². The van der Waals surface area contributed by atoms with Crippen LogP contribution in [-0.2, 0) is 13.0 Å². The van der Waals surface area contributed by atoms with E-state index in [1.807, 2.05) is 12.1 Å². The summed E-state index contributed by atoms with van der Waals surface area (Å²) in [6.45, 7) is 7.45. The fourth-order valence-electron chi connectivity index (χ4n) is 2.87. The second kappa shape index (κ2) is 5.84. The van der Waals surface area contributed by atoms with Crippen LogP contribution >= 0.6 is 0 Å². The average molecular weight is 293 g/mol. The lowest BCUT2D eigenvalue weighted by atomic mass is 10.1. The molecule has 1 aromatic heterocycles. The van der Waals surface area contributed by atoms with Gasteiger partial charge in [0.25, 0.3) is 0 Å². The molecule has 0 unspecified atom stereocenters. The van der Waals surface area contributed by atoms with Crippen LogP contribution in [0.1, 0.15) is 30.8 Å². The van der Waals surface area contributed by atoms with Crippen molar-refractivity contribution in [2.75, 3.05) is 5.73 Å². The molecule has 0 fully saturated rings. The van der Waals surface area contributed by atoms with Gasteiger partial charge in [0.15, 0.2) is 0 Å². The maximum Gasteiger partial charge on any atom is 0.112 e. The molecule has 0 radical (unpaired) electrons. The molecule has 2 N–H and O–H groups in total. The number of benzene rings is 2. The van der Waals surface area contributed by atoms with Crippen LogP contribution in [0.3, 0.4) is 0 Å². The van der Waals surface area contributed by atoms with Crippen molar-refractivity contribution >= 4 is 16.7 Å². The highest BCUT2D eigenvalue weighted by Gasteiger charge is 2.14. The van der Waals surface area contributed by atoms with Gasteiger partial charge in [0.1, 0.15) is 11.3 Å². The number of aromatic nitrogens is 2. The third kappa shape index (κ3) is 2.71. The van der Waals surface area contributed by atoms with E-state index in [9.17, 15) is 0 Å². The van der Waals surface area contributed by atoms with Gasteiger partial charge in [0.2, 0.25) is 0 Å². The summed E-state index contributed by atoms with van der Waals surface area (Å²) in [6.07, 6.45) is 0.958. The van der Waals surface area contributed by atoms with Gasteiger partial charge < -0.3 is 10.3 Å². The third-order valence-corrected chi connectivity index (χ3v) is 4.07. The maximum absolute atomic E-state index is 6.12. The van der Waals surface area contributed by atoms with Gasteiger partial charge in [0.05, 0.1) is 11.2 Å². The molecule has 0 aliphatic carbocycles. The second-order valence-corrected chi connectivity index (χ2v) is 6.35. The lowest BCUT2D eigenvalue weighted by Crippen LogP contribution is -2.08. The van der Waals surface area contributed by atoms with E-state index in [1.54, 1.807) is 0 Å².